The maximum absolute atomic E-state index is 12.4. The van der Waals surface area contributed by atoms with Gasteiger partial charge in [-0.15, -0.1) is 0 Å². The molecular weight excluding hydrogens is 316 g/mol. The zero-order valence-corrected chi connectivity index (χ0v) is 14.6. The molecule has 3 aromatic rings. The molecule has 0 saturated heterocycles. The second-order valence-electron chi connectivity index (χ2n) is 5.95. The van der Waals surface area contributed by atoms with Crippen molar-refractivity contribution in [1.82, 2.24) is 9.55 Å². The van der Waals surface area contributed by atoms with Gasteiger partial charge < -0.3 is 9.30 Å². The van der Waals surface area contributed by atoms with Crippen LogP contribution in [0.4, 0.5) is 0 Å². The zero-order chi connectivity index (χ0) is 18.0. The highest BCUT2D eigenvalue weighted by Crippen LogP contribution is 2.16. The van der Waals surface area contributed by atoms with Crippen LogP contribution in [-0.4, -0.2) is 15.5 Å². The number of hydrogen-bond acceptors (Lipinski definition) is 4. The largest absolute Gasteiger partial charge is 0.457 e. The topological polar surface area (TPSA) is 61.2 Å². The van der Waals surface area contributed by atoms with Gasteiger partial charge in [-0.1, -0.05) is 24.3 Å². The second kappa shape index (κ2) is 6.89. The standard InChI is InChI=1S/C20H20N2O3/c1-4-22-18-10-9-15(11-17(18)21-14(3)19(22)23)20(24)25-12-16-8-6-5-7-13(16)2/h5-11H,4,12H2,1-3H3. The van der Waals surface area contributed by atoms with Crippen LogP contribution in [0.3, 0.4) is 0 Å². The molecular formula is C20H20N2O3. The predicted octanol–water partition coefficient (Wildman–Crippen LogP) is 3.39. The van der Waals surface area contributed by atoms with Crippen LogP contribution in [0.1, 0.15) is 34.1 Å². The molecule has 5 heteroatoms. The van der Waals surface area contributed by atoms with Gasteiger partial charge in [-0.25, -0.2) is 9.78 Å². The Hall–Kier alpha value is -2.95. The molecule has 0 N–H and O–H groups in total. The molecule has 0 aliphatic heterocycles. The van der Waals surface area contributed by atoms with Gasteiger partial charge in [0.05, 0.1) is 16.6 Å². The third-order valence-corrected chi connectivity index (χ3v) is 4.28. The van der Waals surface area contributed by atoms with E-state index in [1.54, 1.807) is 29.7 Å². The fraction of sp³-hybridized carbons (Fsp3) is 0.250. The Labute approximate surface area is 145 Å². The summed E-state index contributed by atoms with van der Waals surface area (Å²) in [6, 6.07) is 12.9. The van der Waals surface area contributed by atoms with Crippen LogP contribution in [0.25, 0.3) is 11.0 Å². The van der Waals surface area contributed by atoms with Crippen molar-refractivity contribution >= 4 is 17.0 Å². The third kappa shape index (κ3) is 3.31. The molecule has 25 heavy (non-hydrogen) atoms. The predicted molar refractivity (Wildman–Crippen MR) is 96.7 cm³/mol. The van der Waals surface area contributed by atoms with Gasteiger partial charge in [-0.05, 0) is 50.1 Å². The van der Waals surface area contributed by atoms with Gasteiger partial charge in [0.15, 0.2) is 0 Å². The average Bonchev–Trinajstić information content (AvgIpc) is 2.61. The van der Waals surface area contributed by atoms with Crippen molar-refractivity contribution in [3.63, 3.8) is 0 Å². The summed E-state index contributed by atoms with van der Waals surface area (Å²) in [5, 5.41) is 0. The molecule has 0 unspecified atom stereocenters. The minimum Gasteiger partial charge on any atom is -0.457 e. The maximum atomic E-state index is 12.4. The summed E-state index contributed by atoms with van der Waals surface area (Å²) in [4.78, 5) is 28.8. The van der Waals surface area contributed by atoms with Crippen molar-refractivity contribution in [2.75, 3.05) is 0 Å². The van der Waals surface area contributed by atoms with E-state index >= 15 is 0 Å². The Morgan fingerprint density at radius 1 is 1.16 bits per heavy atom. The van der Waals surface area contributed by atoms with E-state index < -0.39 is 5.97 Å². The summed E-state index contributed by atoms with van der Waals surface area (Å²) in [7, 11) is 0. The van der Waals surface area contributed by atoms with Crippen molar-refractivity contribution < 1.29 is 9.53 Å². The van der Waals surface area contributed by atoms with Crippen molar-refractivity contribution in [3.8, 4) is 0 Å². The van der Waals surface area contributed by atoms with Crippen molar-refractivity contribution in [2.45, 2.75) is 33.9 Å². The molecule has 0 amide bonds. The average molecular weight is 336 g/mol. The lowest BCUT2D eigenvalue weighted by molar-refractivity contribution is 0.0472. The number of nitrogens with zero attached hydrogens (tertiary/aromatic N) is 2. The van der Waals surface area contributed by atoms with Crippen molar-refractivity contribution in [1.29, 1.82) is 0 Å². The molecule has 0 fully saturated rings. The van der Waals surface area contributed by atoms with E-state index in [-0.39, 0.29) is 12.2 Å². The number of aromatic nitrogens is 2. The molecule has 0 spiro atoms. The molecule has 128 valence electrons. The number of esters is 1. The molecule has 1 heterocycles. The normalized spacial score (nSPS) is 10.8. The van der Waals surface area contributed by atoms with Crippen LogP contribution in [0.2, 0.25) is 0 Å². The molecule has 0 saturated carbocycles. The molecule has 0 radical (unpaired) electrons. The molecule has 5 nitrogen and oxygen atoms in total. The SMILES string of the molecule is CCn1c(=O)c(C)nc2cc(C(=O)OCc3ccccc3C)ccc21. The molecule has 0 bridgehead atoms. The van der Waals surface area contributed by atoms with Crippen LogP contribution >= 0.6 is 0 Å². The highest BCUT2D eigenvalue weighted by molar-refractivity contribution is 5.93. The highest BCUT2D eigenvalue weighted by Gasteiger charge is 2.12. The number of ether oxygens (including phenoxy) is 1. The van der Waals surface area contributed by atoms with Crippen molar-refractivity contribution in [3.05, 3.63) is 75.2 Å². The lowest BCUT2D eigenvalue weighted by Crippen LogP contribution is -2.23. The lowest BCUT2D eigenvalue weighted by atomic mass is 10.1. The fourth-order valence-corrected chi connectivity index (χ4v) is 2.81. The molecule has 2 aromatic carbocycles. The van der Waals surface area contributed by atoms with Gasteiger partial charge in [0, 0.05) is 6.54 Å². The quantitative estimate of drug-likeness (QED) is 0.685. The third-order valence-electron chi connectivity index (χ3n) is 4.28. The van der Waals surface area contributed by atoms with Crippen LogP contribution in [-0.2, 0) is 17.9 Å². The number of carbonyl (C=O) groups excluding carboxylic acids is 1. The van der Waals surface area contributed by atoms with Crippen LogP contribution < -0.4 is 5.56 Å². The van der Waals surface area contributed by atoms with Crippen LogP contribution in [0, 0.1) is 13.8 Å². The number of rotatable bonds is 4. The summed E-state index contributed by atoms with van der Waals surface area (Å²) >= 11 is 0. The summed E-state index contributed by atoms with van der Waals surface area (Å²) in [6.45, 7) is 6.35. The highest BCUT2D eigenvalue weighted by atomic mass is 16.5. The van der Waals surface area contributed by atoms with E-state index in [1.165, 1.54) is 0 Å². The first-order valence-electron chi connectivity index (χ1n) is 8.24. The van der Waals surface area contributed by atoms with Crippen LogP contribution in [0.5, 0.6) is 0 Å². The van der Waals surface area contributed by atoms with Gasteiger partial charge in [0.1, 0.15) is 12.3 Å². The van der Waals surface area contributed by atoms with Gasteiger partial charge in [-0.2, -0.15) is 0 Å². The Bertz CT molecular complexity index is 1010. The first kappa shape index (κ1) is 16.9. The Kier molecular flexibility index (Phi) is 4.65. The van der Waals surface area contributed by atoms with Crippen LogP contribution in [0.15, 0.2) is 47.3 Å². The second-order valence-corrected chi connectivity index (χ2v) is 5.95. The Morgan fingerprint density at radius 3 is 2.64 bits per heavy atom. The van der Waals surface area contributed by atoms with E-state index in [9.17, 15) is 9.59 Å². The Balaban J connectivity index is 1.89. The fourth-order valence-electron chi connectivity index (χ4n) is 2.81. The van der Waals surface area contributed by atoms with Gasteiger partial charge in [-0.3, -0.25) is 4.79 Å². The smallest absolute Gasteiger partial charge is 0.338 e. The van der Waals surface area contributed by atoms with E-state index in [0.29, 0.717) is 28.8 Å². The lowest BCUT2D eigenvalue weighted by Gasteiger charge is -2.11. The van der Waals surface area contributed by atoms with E-state index in [0.717, 1.165) is 11.1 Å². The summed E-state index contributed by atoms with van der Waals surface area (Å²) in [5.41, 5.74) is 4.13. The summed E-state index contributed by atoms with van der Waals surface area (Å²) < 4.78 is 7.07. The molecule has 3 rings (SSSR count). The molecule has 1 aromatic heterocycles. The number of aryl methyl sites for hydroxylation is 3. The van der Waals surface area contributed by atoms with E-state index in [1.807, 2.05) is 38.1 Å². The van der Waals surface area contributed by atoms with Crippen molar-refractivity contribution in [2.24, 2.45) is 0 Å². The minimum atomic E-state index is -0.404. The molecule has 0 aliphatic rings. The van der Waals surface area contributed by atoms with Gasteiger partial charge in [0.25, 0.3) is 5.56 Å². The zero-order valence-electron chi connectivity index (χ0n) is 14.6. The monoisotopic (exact) mass is 336 g/mol. The van der Waals surface area contributed by atoms with Gasteiger partial charge >= 0.3 is 5.97 Å². The number of carbonyl (C=O) groups is 1. The molecule has 0 aliphatic carbocycles. The molecule has 0 atom stereocenters. The van der Waals surface area contributed by atoms with E-state index in [2.05, 4.69) is 4.98 Å². The minimum absolute atomic E-state index is 0.107. The number of hydrogen-bond donors (Lipinski definition) is 0. The maximum Gasteiger partial charge on any atom is 0.338 e. The summed E-state index contributed by atoms with van der Waals surface area (Å²) in [6.07, 6.45) is 0. The Morgan fingerprint density at radius 2 is 1.92 bits per heavy atom. The number of fused-ring (bicyclic) bond motifs is 1. The first-order valence-corrected chi connectivity index (χ1v) is 8.24. The summed E-state index contributed by atoms with van der Waals surface area (Å²) in [5.74, 6) is -0.404. The van der Waals surface area contributed by atoms with E-state index in [4.69, 9.17) is 4.74 Å². The first-order chi connectivity index (χ1) is 12.0. The van der Waals surface area contributed by atoms with Gasteiger partial charge in [0.2, 0.25) is 0 Å². The number of benzene rings is 2.